The number of rotatable bonds is 7. The molecule has 0 saturated carbocycles. The molecule has 0 saturated heterocycles. The van der Waals surface area contributed by atoms with Gasteiger partial charge < -0.3 is 9.47 Å². The molecule has 3 aromatic carbocycles. The lowest BCUT2D eigenvalue weighted by Gasteiger charge is -2.11. The Morgan fingerprint density at radius 3 is 2.13 bits per heavy atom. The molecule has 0 bridgehead atoms. The maximum atomic E-state index is 12.0. The topological polar surface area (TPSA) is 100 Å². The summed E-state index contributed by atoms with van der Waals surface area (Å²) < 4.78 is 10.7. The molecule has 2 amide bonds. The maximum Gasteiger partial charge on any atom is 0.276 e. The van der Waals surface area contributed by atoms with Crippen molar-refractivity contribution in [2.75, 3.05) is 13.7 Å². The van der Waals surface area contributed by atoms with Crippen LogP contribution in [-0.2, 0) is 16.0 Å². The van der Waals surface area contributed by atoms with E-state index in [1.54, 1.807) is 36.4 Å². The summed E-state index contributed by atoms with van der Waals surface area (Å²) in [6.45, 7) is -0.245. The van der Waals surface area contributed by atoms with Crippen molar-refractivity contribution in [3.8, 4) is 28.7 Å². The molecule has 31 heavy (non-hydrogen) atoms. The highest BCUT2D eigenvalue weighted by Crippen LogP contribution is 2.22. The second-order valence-electron chi connectivity index (χ2n) is 6.59. The molecule has 0 aliphatic rings. The first kappa shape index (κ1) is 21.4. The molecule has 0 radical (unpaired) electrons. The van der Waals surface area contributed by atoms with Gasteiger partial charge in [-0.2, -0.15) is 5.26 Å². The van der Waals surface area contributed by atoms with Gasteiger partial charge in [0.25, 0.3) is 5.91 Å². The largest absolute Gasteiger partial charge is 0.496 e. The van der Waals surface area contributed by atoms with Crippen molar-refractivity contribution in [1.29, 1.82) is 5.26 Å². The second-order valence-corrected chi connectivity index (χ2v) is 6.59. The van der Waals surface area contributed by atoms with E-state index in [0.29, 0.717) is 17.1 Å². The molecule has 2 N–H and O–H groups in total. The van der Waals surface area contributed by atoms with Crippen LogP contribution in [0.2, 0.25) is 0 Å². The standard InChI is InChI=1S/C24H21N3O4/c1-30-22-5-3-2-4-20(22)14-23(28)26-27-24(29)16-31-21-12-10-19(11-13-21)18-8-6-17(15-25)7-9-18/h2-13H,14,16H2,1H3,(H,26,28)(H,27,29). The van der Waals surface area contributed by atoms with Gasteiger partial charge in [0.1, 0.15) is 11.5 Å². The van der Waals surface area contributed by atoms with Crippen LogP contribution in [-0.4, -0.2) is 25.5 Å². The SMILES string of the molecule is COc1ccccc1CC(=O)NNC(=O)COc1ccc(-c2ccc(C#N)cc2)cc1. The fourth-order valence-corrected chi connectivity index (χ4v) is 2.87. The third kappa shape index (κ3) is 6.08. The first-order chi connectivity index (χ1) is 15.1. The summed E-state index contributed by atoms with van der Waals surface area (Å²) in [6, 6.07) is 23.7. The number of para-hydroxylation sites is 1. The van der Waals surface area contributed by atoms with Crippen LogP contribution in [0.3, 0.4) is 0 Å². The summed E-state index contributed by atoms with van der Waals surface area (Å²) in [5, 5.41) is 8.87. The molecule has 0 heterocycles. The third-order valence-corrected chi connectivity index (χ3v) is 4.46. The van der Waals surface area contributed by atoms with Gasteiger partial charge in [-0.3, -0.25) is 20.4 Å². The molecule has 0 aliphatic heterocycles. The van der Waals surface area contributed by atoms with Crippen molar-refractivity contribution in [2.45, 2.75) is 6.42 Å². The lowest BCUT2D eigenvalue weighted by molar-refractivity contribution is -0.129. The van der Waals surface area contributed by atoms with Crippen molar-refractivity contribution in [2.24, 2.45) is 0 Å². The average molecular weight is 415 g/mol. The van der Waals surface area contributed by atoms with Crippen LogP contribution >= 0.6 is 0 Å². The highest BCUT2D eigenvalue weighted by atomic mass is 16.5. The lowest BCUT2D eigenvalue weighted by Crippen LogP contribution is -2.44. The van der Waals surface area contributed by atoms with Crippen LogP contribution in [0.15, 0.2) is 72.8 Å². The van der Waals surface area contributed by atoms with Crippen molar-refractivity contribution in [3.05, 3.63) is 83.9 Å². The number of hydrogen-bond donors (Lipinski definition) is 2. The first-order valence-corrected chi connectivity index (χ1v) is 9.52. The number of benzene rings is 3. The van der Waals surface area contributed by atoms with Gasteiger partial charge in [0.05, 0.1) is 25.2 Å². The number of nitrogens with zero attached hydrogens (tertiary/aromatic N) is 1. The van der Waals surface area contributed by atoms with Crippen LogP contribution in [0.1, 0.15) is 11.1 Å². The summed E-state index contributed by atoms with van der Waals surface area (Å²) >= 11 is 0. The van der Waals surface area contributed by atoms with Crippen LogP contribution in [0, 0.1) is 11.3 Å². The van der Waals surface area contributed by atoms with Gasteiger partial charge in [-0.05, 0) is 41.5 Å². The highest BCUT2D eigenvalue weighted by molar-refractivity contribution is 5.84. The van der Waals surface area contributed by atoms with Gasteiger partial charge in [-0.25, -0.2) is 0 Å². The smallest absolute Gasteiger partial charge is 0.276 e. The zero-order valence-electron chi connectivity index (χ0n) is 16.9. The fraction of sp³-hybridized carbons (Fsp3) is 0.125. The van der Waals surface area contributed by atoms with E-state index >= 15 is 0 Å². The monoisotopic (exact) mass is 415 g/mol. The molecule has 0 fully saturated rings. The minimum absolute atomic E-state index is 0.0714. The zero-order chi connectivity index (χ0) is 22.1. The minimum atomic E-state index is -0.482. The fourth-order valence-electron chi connectivity index (χ4n) is 2.87. The van der Waals surface area contributed by atoms with E-state index in [2.05, 4.69) is 16.9 Å². The Balaban J connectivity index is 1.45. The summed E-state index contributed by atoms with van der Waals surface area (Å²) in [4.78, 5) is 24.0. The van der Waals surface area contributed by atoms with Gasteiger partial charge in [0, 0.05) is 5.56 Å². The van der Waals surface area contributed by atoms with E-state index in [-0.39, 0.29) is 18.9 Å². The molecule has 0 atom stereocenters. The number of carbonyl (C=O) groups excluding carboxylic acids is 2. The van der Waals surface area contributed by atoms with Crippen LogP contribution in [0.4, 0.5) is 0 Å². The third-order valence-electron chi connectivity index (χ3n) is 4.46. The van der Waals surface area contributed by atoms with E-state index in [0.717, 1.165) is 16.7 Å². The molecule has 0 spiro atoms. The number of nitrogens with one attached hydrogen (secondary N) is 2. The second kappa shape index (κ2) is 10.5. The van der Waals surface area contributed by atoms with Crippen molar-refractivity contribution in [3.63, 3.8) is 0 Å². The van der Waals surface area contributed by atoms with Crippen LogP contribution in [0.5, 0.6) is 11.5 Å². The van der Waals surface area contributed by atoms with Gasteiger partial charge in [0.2, 0.25) is 5.91 Å². The maximum absolute atomic E-state index is 12.0. The highest BCUT2D eigenvalue weighted by Gasteiger charge is 2.10. The molecular weight excluding hydrogens is 394 g/mol. The number of hydrazine groups is 1. The Hall–Kier alpha value is -4.31. The van der Waals surface area contributed by atoms with Gasteiger partial charge in [-0.15, -0.1) is 0 Å². The Bertz CT molecular complexity index is 1090. The van der Waals surface area contributed by atoms with Gasteiger partial charge in [-0.1, -0.05) is 42.5 Å². The first-order valence-electron chi connectivity index (χ1n) is 9.52. The molecule has 0 unspecified atom stereocenters. The van der Waals surface area contributed by atoms with Crippen LogP contribution < -0.4 is 20.3 Å². The minimum Gasteiger partial charge on any atom is -0.496 e. The molecule has 0 aromatic heterocycles. The quantitative estimate of drug-likeness (QED) is 0.578. The van der Waals surface area contributed by atoms with Crippen molar-refractivity contribution >= 4 is 11.8 Å². The molecule has 7 nitrogen and oxygen atoms in total. The summed E-state index contributed by atoms with van der Waals surface area (Å²) in [7, 11) is 1.53. The number of amides is 2. The Morgan fingerprint density at radius 1 is 0.871 bits per heavy atom. The number of methoxy groups -OCH3 is 1. The number of carbonyl (C=O) groups is 2. The number of nitriles is 1. The normalized spacial score (nSPS) is 9.94. The van der Waals surface area contributed by atoms with Crippen molar-refractivity contribution < 1.29 is 19.1 Å². The van der Waals surface area contributed by atoms with Gasteiger partial charge in [0.15, 0.2) is 6.61 Å². The van der Waals surface area contributed by atoms with E-state index < -0.39 is 5.91 Å². The van der Waals surface area contributed by atoms with Crippen LogP contribution in [0.25, 0.3) is 11.1 Å². The lowest BCUT2D eigenvalue weighted by atomic mass is 10.0. The predicted octanol–water partition coefficient (Wildman–Crippen LogP) is 3.00. The predicted molar refractivity (Wildman–Crippen MR) is 115 cm³/mol. The molecule has 0 aliphatic carbocycles. The Morgan fingerprint density at radius 2 is 1.48 bits per heavy atom. The summed E-state index contributed by atoms with van der Waals surface area (Å²) in [5.41, 5.74) is 7.94. The molecule has 3 rings (SSSR count). The Kier molecular flexibility index (Phi) is 7.22. The average Bonchev–Trinajstić information content (AvgIpc) is 2.82. The Labute approximate surface area is 180 Å². The zero-order valence-corrected chi connectivity index (χ0v) is 16.9. The molecular formula is C24H21N3O4. The molecule has 7 heteroatoms. The number of ether oxygens (including phenoxy) is 2. The van der Waals surface area contributed by atoms with Gasteiger partial charge >= 0.3 is 0 Å². The summed E-state index contributed by atoms with van der Waals surface area (Å²) in [6.07, 6.45) is 0.0714. The van der Waals surface area contributed by atoms with E-state index in [4.69, 9.17) is 14.7 Å². The molecule has 156 valence electrons. The van der Waals surface area contributed by atoms with E-state index in [1.807, 2.05) is 36.4 Å². The number of hydrogen-bond acceptors (Lipinski definition) is 5. The van der Waals surface area contributed by atoms with E-state index in [1.165, 1.54) is 7.11 Å². The van der Waals surface area contributed by atoms with Crippen molar-refractivity contribution in [1.82, 2.24) is 10.9 Å². The molecule has 3 aromatic rings. The summed E-state index contributed by atoms with van der Waals surface area (Å²) in [5.74, 6) is 0.277. The van der Waals surface area contributed by atoms with E-state index in [9.17, 15) is 9.59 Å².